The fourth-order valence-corrected chi connectivity index (χ4v) is 4.70. The van der Waals surface area contributed by atoms with Crippen molar-refractivity contribution in [3.63, 3.8) is 0 Å². The largest absolute Gasteiger partial charge is 0.442 e. The molecule has 164 valence electrons. The lowest BCUT2D eigenvalue weighted by atomic mass is 9.77. The number of H-pyrrole nitrogens is 1. The van der Waals surface area contributed by atoms with Gasteiger partial charge in [-0.05, 0) is 31.4 Å². The van der Waals surface area contributed by atoms with Crippen LogP contribution in [0.2, 0.25) is 0 Å². The highest BCUT2D eigenvalue weighted by Gasteiger charge is 2.45. The smallest absolute Gasteiger partial charge is 0.419 e. The Labute approximate surface area is 183 Å². The summed E-state index contributed by atoms with van der Waals surface area (Å²) in [6, 6.07) is 8.51. The third-order valence-electron chi connectivity index (χ3n) is 6.13. The van der Waals surface area contributed by atoms with E-state index in [0.717, 1.165) is 5.39 Å². The molecule has 1 aliphatic heterocycles. The summed E-state index contributed by atoms with van der Waals surface area (Å²) in [7, 11) is 0. The molecule has 0 bridgehead atoms. The molecule has 0 unspecified atom stereocenters. The van der Waals surface area contributed by atoms with Gasteiger partial charge in [-0.25, -0.2) is 23.1 Å². The number of halogens is 2. The Hall–Kier alpha value is -3.68. The Kier molecular flexibility index (Phi) is 4.54. The summed E-state index contributed by atoms with van der Waals surface area (Å²) >= 11 is 0. The second-order valence-corrected chi connectivity index (χ2v) is 8.67. The lowest BCUT2D eigenvalue weighted by Crippen LogP contribution is -2.52. The maximum Gasteiger partial charge on any atom is 0.419 e. The van der Waals surface area contributed by atoms with E-state index in [-0.39, 0.29) is 11.1 Å². The van der Waals surface area contributed by atoms with Gasteiger partial charge in [0, 0.05) is 41.3 Å². The van der Waals surface area contributed by atoms with Crippen molar-refractivity contribution < 1.29 is 18.3 Å². The van der Waals surface area contributed by atoms with Crippen molar-refractivity contribution in [2.45, 2.75) is 38.3 Å². The van der Waals surface area contributed by atoms with Crippen LogP contribution in [-0.4, -0.2) is 32.3 Å². The van der Waals surface area contributed by atoms with Gasteiger partial charge in [-0.15, -0.1) is 0 Å². The number of hydrogen-bond donors (Lipinski definition) is 2. The summed E-state index contributed by atoms with van der Waals surface area (Å²) in [5.74, 6) is -1.86. The molecule has 2 aromatic carbocycles. The maximum atomic E-state index is 16.0. The van der Waals surface area contributed by atoms with Gasteiger partial charge in [0.1, 0.15) is 24.1 Å². The maximum absolute atomic E-state index is 16.0. The van der Waals surface area contributed by atoms with E-state index in [1.807, 2.05) is 26.0 Å². The molecule has 4 aromatic rings. The van der Waals surface area contributed by atoms with Crippen LogP contribution in [0, 0.1) is 11.6 Å². The molecule has 0 aliphatic carbocycles. The van der Waals surface area contributed by atoms with Gasteiger partial charge in [0.2, 0.25) is 0 Å². The summed E-state index contributed by atoms with van der Waals surface area (Å²) in [6.07, 6.45) is 4.71. The fourth-order valence-electron chi connectivity index (χ4n) is 4.70. The minimum Gasteiger partial charge on any atom is -0.442 e. The first-order chi connectivity index (χ1) is 15.3. The molecule has 2 atom stereocenters. The summed E-state index contributed by atoms with van der Waals surface area (Å²) in [4.78, 5) is 19.5. The molecule has 2 N–H and O–H groups in total. The van der Waals surface area contributed by atoms with E-state index in [2.05, 4.69) is 15.3 Å². The van der Waals surface area contributed by atoms with Crippen LogP contribution >= 0.6 is 0 Å². The zero-order valence-corrected chi connectivity index (χ0v) is 17.8. The number of imidazole rings is 1. The number of carbonyl (C=O) groups is 1. The second-order valence-electron chi connectivity index (χ2n) is 8.67. The number of nitrogens with zero attached hydrogens (tertiary/aromatic N) is 2. The number of carbonyl (C=O) groups excluding carboxylic acids is 1. The third-order valence-corrected chi connectivity index (χ3v) is 6.13. The van der Waals surface area contributed by atoms with Gasteiger partial charge in [-0.1, -0.05) is 25.1 Å². The van der Waals surface area contributed by atoms with E-state index >= 15 is 8.78 Å². The Morgan fingerprint density at radius 1 is 1.25 bits per heavy atom. The molecular formula is C24H22F2N4O2. The van der Waals surface area contributed by atoms with E-state index in [9.17, 15) is 4.79 Å². The van der Waals surface area contributed by atoms with Crippen molar-refractivity contribution in [1.82, 2.24) is 14.5 Å². The Morgan fingerprint density at radius 2 is 2.06 bits per heavy atom. The van der Waals surface area contributed by atoms with Gasteiger partial charge in [0.25, 0.3) is 0 Å². The SMILES string of the molecule is C[C@H]1c2c(cc(F)c(-c3cccc4cc[nH]c34)c2F)NC(C)(C)[C@@H]1OC(=O)n1ccnc1. The van der Waals surface area contributed by atoms with Gasteiger partial charge in [0.05, 0.1) is 16.6 Å². The van der Waals surface area contributed by atoms with Crippen molar-refractivity contribution in [2.75, 3.05) is 5.32 Å². The van der Waals surface area contributed by atoms with Crippen LogP contribution in [0.15, 0.2) is 55.2 Å². The van der Waals surface area contributed by atoms with Crippen molar-refractivity contribution in [1.29, 1.82) is 0 Å². The number of benzene rings is 2. The lowest BCUT2D eigenvalue weighted by Gasteiger charge is -2.44. The minimum atomic E-state index is -0.761. The van der Waals surface area contributed by atoms with Crippen molar-refractivity contribution >= 4 is 22.7 Å². The summed E-state index contributed by atoms with van der Waals surface area (Å²) < 4.78 is 38.2. The molecule has 0 amide bonds. The van der Waals surface area contributed by atoms with Crippen molar-refractivity contribution in [3.05, 3.63) is 72.4 Å². The van der Waals surface area contributed by atoms with Gasteiger partial charge in [-0.3, -0.25) is 0 Å². The standard InChI is InChI=1S/C24H22F2N4O2/c1-13-18-17(29-24(2,3)22(13)32-23(31)30-10-9-27-12-30)11-16(25)19(20(18)26)15-6-4-5-14-7-8-28-21(14)15/h4-13,22,28-29H,1-3H3/t13-,22+/m0/s1. The molecule has 1 aliphatic rings. The fraction of sp³-hybridized carbons (Fsp3) is 0.250. The number of hydrogen-bond acceptors (Lipinski definition) is 4. The molecule has 0 radical (unpaired) electrons. The average Bonchev–Trinajstić information content (AvgIpc) is 3.42. The molecule has 0 fully saturated rings. The number of rotatable bonds is 2. The topological polar surface area (TPSA) is 71.9 Å². The number of ether oxygens (including phenoxy) is 1. The monoisotopic (exact) mass is 436 g/mol. The van der Waals surface area contributed by atoms with E-state index < -0.39 is 35.3 Å². The Bertz CT molecular complexity index is 1330. The first-order valence-corrected chi connectivity index (χ1v) is 10.3. The Balaban J connectivity index is 1.62. The number of nitrogens with one attached hydrogen (secondary N) is 2. The number of anilines is 1. The predicted octanol–water partition coefficient (Wildman–Crippen LogP) is 5.67. The van der Waals surface area contributed by atoms with Gasteiger partial charge in [0.15, 0.2) is 0 Å². The molecule has 5 rings (SSSR count). The van der Waals surface area contributed by atoms with E-state index in [1.54, 1.807) is 25.3 Å². The van der Waals surface area contributed by atoms with Crippen LogP contribution in [0.25, 0.3) is 22.0 Å². The summed E-state index contributed by atoms with van der Waals surface area (Å²) in [5.41, 5.74) is 0.870. The van der Waals surface area contributed by atoms with Crippen LogP contribution in [0.1, 0.15) is 32.3 Å². The first-order valence-electron chi connectivity index (χ1n) is 10.3. The summed E-state index contributed by atoms with van der Waals surface area (Å²) in [6.45, 7) is 5.45. The predicted molar refractivity (Wildman–Crippen MR) is 118 cm³/mol. The molecule has 3 heterocycles. The molecule has 0 saturated heterocycles. The number of aromatic nitrogens is 3. The van der Waals surface area contributed by atoms with Crippen LogP contribution in [-0.2, 0) is 4.74 Å². The molecule has 8 heteroatoms. The number of fused-ring (bicyclic) bond motifs is 2. The highest BCUT2D eigenvalue weighted by molar-refractivity contribution is 5.95. The molecule has 32 heavy (non-hydrogen) atoms. The molecule has 0 saturated carbocycles. The molecular weight excluding hydrogens is 414 g/mol. The van der Waals surface area contributed by atoms with E-state index in [1.165, 1.54) is 29.4 Å². The first kappa shape index (κ1) is 20.2. The van der Waals surface area contributed by atoms with Crippen LogP contribution in [0.3, 0.4) is 0 Å². The van der Waals surface area contributed by atoms with Crippen LogP contribution < -0.4 is 5.32 Å². The number of para-hydroxylation sites is 1. The highest BCUT2D eigenvalue weighted by atomic mass is 19.1. The molecule has 6 nitrogen and oxygen atoms in total. The zero-order valence-electron chi connectivity index (χ0n) is 17.8. The van der Waals surface area contributed by atoms with E-state index in [0.29, 0.717) is 16.8 Å². The van der Waals surface area contributed by atoms with Gasteiger partial charge >= 0.3 is 6.09 Å². The van der Waals surface area contributed by atoms with E-state index in [4.69, 9.17) is 4.74 Å². The minimum absolute atomic E-state index is 0.107. The molecule has 2 aromatic heterocycles. The van der Waals surface area contributed by atoms with Gasteiger partial charge < -0.3 is 15.0 Å². The van der Waals surface area contributed by atoms with Crippen LogP contribution in [0.5, 0.6) is 0 Å². The van der Waals surface area contributed by atoms with Crippen molar-refractivity contribution in [3.8, 4) is 11.1 Å². The second kappa shape index (κ2) is 7.19. The van der Waals surface area contributed by atoms with Crippen LogP contribution in [0.4, 0.5) is 19.3 Å². The zero-order chi connectivity index (χ0) is 22.6. The summed E-state index contributed by atoms with van der Waals surface area (Å²) in [5, 5.41) is 4.03. The average molecular weight is 436 g/mol. The van der Waals surface area contributed by atoms with Crippen molar-refractivity contribution in [2.24, 2.45) is 0 Å². The quantitative estimate of drug-likeness (QED) is 0.425. The van der Waals surface area contributed by atoms with Gasteiger partial charge in [-0.2, -0.15) is 0 Å². The molecule has 0 spiro atoms. The number of aromatic amines is 1. The highest BCUT2D eigenvalue weighted by Crippen LogP contribution is 2.46. The third kappa shape index (κ3) is 3.05. The normalized spacial score (nSPS) is 19.4. The Morgan fingerprint density at radius 3 is 2.81 bits per heavy atom. The lowest BCUT2D eigenvalue weighted by molar-refractivity contribution is 0.0475.